The topological polar surface area (TPSA) is 67.2 Å². The van der Waals surface area contributed by atoms with Crippen molar-refractivity contribution < 1.29 is 5.11 Å². The molecule has 2 aliphatic carbocycles. The van der Waals surface area contributed by atoms with E-state index in [0.29, 0.717) is 12.5 Å². The van der Waals surface area contributed by atoms with Gasteiger partial charge in [-0.2, -0.15) is 4.98 Å². The average molecular weight is 387 g/mol. The van der Waals surface area contributed by atoms with Gasteiger partial charge in [-0.1, -0.05) is 55.3 Å². The van der Waals surface area contributed by atoms with Gasteiger partial charge in [-0.25, -0.2) is 0 Å². The lowest BCUT2D eigenvalue weighted by Gasteiger charge is -2.38. The number of rotatable bonds is 4. The smallest absolute Gasteiger partial charge is 0.278 e. The van der Waals surface area contributed by atoms with Gasteiger partial charge in [0.15, 0.2) is 0 Å². The van der Waals surface area contributed by atoms with E-state index in [4.69, 9.17) is 0 Å². The van der Waals surface area contributed by atoms with Gasteiger partial charge in [0.2, 0.25) is 5.95 Å². The maximum absolute atomic E-state index is 13.2. The Kier molecular flexibility index (Phi) is 4.47. The molecule has 5 heteroatoms. The van der Waals surface area contributed by atoms with Crippen LogP contribution in [0.5, 0.6) is 0 Å². The van der Waals surface area contributed by atoms with E-state index in [1.165, 1.54) is 18.4 Å². The quantitative estimate of drug-likeness (QED) is 0.717. The Morgan fingerprint density at radius 1 is 1.03 bits per heavy atom. The lowest BCUT2D eigenvalue weighted by molar-refractivity contribution is 0.310. The lowest BCUT2D eigenvalue weighted by atomic mass is 9.68. The molecule has 1 aromatic heterocycles. The third-order valence-electron chi connectivity index (χ3n) is 6.43. The van der Waals surface area contributed by atoms with Gasteiger partial charge >= 0.3 is 0 Å². The zero-order valence-corrected chi connectivity index (χ0v) is 16.4. The summed E-state index contributed by atoms with van der Waals surface area (Å²) in [6.45, 7) is 0.311. The van der Waals surface area contributed by atoms with Gasteiger partial charge in [0, 0.05) is 28.8 Å². The molecule has 0 bridgehead atoms. The molecule has 3 aromatic rings. The average Bonchev–Trinajstić information content (AvgIpc) is 3.23. The summed E-state index contributed by atoms with van der Waals surface area (Å²) in [7, 11) is 0. The number of para-hydroxylation sites is 1. The van der Waals surface area contributed by atoms with Crippen LogP contribution in [-0.2, 0) is 11.8 Å². The fourth-order valence-corrected chi connectivity index (χ4v) is 5.20. The minimum Gasteiger partial charge on any atom is -0.395 e. The molecule has 2 aromatic carbocycles. The van der Waals surface area contributed by atoms with Crippen molar-refractivity contribution >= 4 is 5.95 Å². The fraction of sp³-hybridized carbons (Fsp3) is 0.333. The van der Waals surface area contributed by atoms with E-state index in [1.54, 1.807) is 0 Å². The van der Waals surface area contributed by atoms with Crippen molar-refractivity contribution in [3.05, 3.63) is 76.1 Å². The van der Waals surface area contributed by atoms with Crippen LogP contribution in [0.25, 0.3) is 16.9 Å². The number of fused-ring (bicyclic) bond motifs is 4. The van der Waals surface area contributed by atoms with Crippen LogP contribution in [0.4, 0.5) is 5.95 Å². The van der Waals surface area contributed by atoms with Gasteiger partial charge < -0.3 is 10.4 Å². The molecule has 0 aliphatic heterocycles. The van der Waals surface area contributed by atoms with Crippen molar-refractivity contribution in [2.24, 2.45) is 0 Å². The van der Waals surface area contributed by atoms with Crippen LogP contribution in [0.3, 0.4) is 0 Å². The minimum absolute atomic E-state index is 0.0263. The number of aliphatic hydroxyl groups is 1. The summed E-state index contributed by atoms with van der Waals surface area (Å²) >= 11 is 0. The summed E-state index contributed by atoms with van der Waals surface area (Å²) in [4.78, 5) is 17.6. The molecule has 2 aliphatic rings. The zero-order valence-electron chi connectivity index (χ0n) is 16.4. The highest BCUT2D eigenvalue weighted by molar-refractivity contribution is 5.75. The normalized spacial score (nSPS) is 16.4. The highest BCUT2D eigenvalue weighted by Crippen LogP contribution is 2.51. The highest BCUT2D eigenvalue weighted by atomic mass is 16.3. The molecule has 1 heterocycles. The van der Waals surface area contributed by atoms with E-state index in [-0.39, 0.29) is 17.6 Å². The maximum Gasteiger partial charge on any atom is 0.278 e. The third kappa shape index (κ3) is 2.88. The molecule has 0 saturated heterocycles. The van der Waals surface area contributed by atoms with Gasteiger partial charge in [-0.05, 0) is 37.0 Å². The van der Waals surface area contributed by atoms with Crippen LogP contribution in [0, 0.1) is 0 Å². The van der Waals surface area contributed by atoms with Gasteiger partial charge in [0.1, 0.15) is 0 Å². The molecule has 0 radical (unpaired) electrons. The first-order valence-corrected chi connectivity index (χ1v) is 10.4. The van der Waals surface area contributed by atoms with Gasteiger partial charge in [-0.3, -0.25) is 9.36 Å². The molecule has 1 fully saturated rings. The number of anilines is 1. The third-order valence-corrected chi connectivity index (χ3v) is 6.43. The zero-order chi connectivity index (χ0) is 19.8. The van der Waals surface area contributed by atoms with E-state index < -0.39 is 0 Å². The number of aromatic nitrogens is 2. The fourth-order valence-electron chi connectivity index (χ4n) is 5.20. The largest absolute Gasteiger partial charge is 0.395 e. The molecular formula is C24H25N3O2. The Morgan fingerprint density at radius 2 is 1.76 bits per heavy atom. The lowest BCUT2D eigenvalue weighted by Crippen LogP contribution is -2.36. The first-order valence-electron chi connectivity index (χ1n) is 10.4. The number of aliphatic hydroxyl groups excluding tert-OH is 1. The summed E-state index contributed by atoms with van der Waals surface area (Å²) in [5.74, 6) is 0.478. The first kappa shape index (κ1) is 18.1. The van der Waals surface area contributed by atoms with Crippen molar-refractivity contribution in [2.75, 3.05) is 18.5 Å². The summed E-state index contributed by atoms with van der Waals surface area (Å²) in [6, 6.07) is 18.6. The number of nitrogens with one attached hydrogen (secondary N) is 1. The van der Waals surface area contributed by atoms with Gasteiger partial charge in [-0.15, -0.1) is 0 Å². The number of nitrogens with zero attached hydrogens (tertiary/aromatic N) is 2. The second-order valence-electron chi connectivity index (χ2n) is 8.10. The molecule has 148 valence electrons. The maximum atomic E-state index is 13.2. The monoisotopic (exact) mass is 387 g/mol. The van der Waals surface area contributed by atoms with Crippen LogP contribution in [0.1, 0.15) is 36.8 Å². The molecule has 0 unspecified atom stereocenters. The second kappa shape index (κ2) is 7.16. The second-order valence-corrected chi connectivity index (χ2v) is 8.10. The van der Waals surface area contributed by atoms with Gasteiger partial charge in [0.25, 0.3) is 5.56 Å². The van der Waals surface area contributed by atoms with Crippen molar-refractivity contribution in [3.63, 3.8) is 0 Å². The Hall–Kier alpha value is -2.92. The van der Waals surface area contributed by atoms with Crippen LogP contribution >= 0.6 is 0 Å². The number of benzene rings is 2. The molecule has 2 N–H and O–H groups in total. The Morgan fingerprint density at radius 3 is 2.52 bits per heavy atom. The van der Waals surface area contributed by atoms with Gasteiger partial charge in [0.05, 0.1) is 12.3 Å². The van der Waals surface area contributed by atoms with Crippen molar-refractivity contribution in [3.8, 4) is 16.9 Å². The van der Waals surface area contributed by atoms with E-state index in [2.05, 4.69) is 34.6 Å². The summed E-state index contributed by atoms with van der Waals surface area (Å²) in [6.07, 6.45) is 5.41. The molecule has 29 heavy (non-hydrogen) atoms. The number of hydrogen-bond acceptors (Lipinski definition) is 4. The molecular weight excluding hydrogens is 362 g/mol. The minimum atomic E-state index is -0.159. The Bertz CT molecular complexity index is 1100. The van der Waals surface area contributed by atoms with Crippen LogP contribution in [-0.4, -0.2) is 27.8 Å². The van der Waals surface area contributed by atoms with Crippen LogP contribution in [0.15, 0.2) is 59.4 Å². The highest BCUT2D eigenvalue weighted by Gasteiger charge is 2.43. The summed E-state index contributed by atoms with van der Waals surface area (Å²) in [5, 5.41) is 12.5. The van der Waals surface area contributed by atoms with Crippen molar-refractivity contribution in [1.82, 2.24) is 9.55 Å². The first-order chi connectivity index (χ1) is 14.2. The predicted molar refractivity (Wildman–Crippen MR) is 115 cm³/mol. The van der Waals surface area contributed by atoms with E-state index in [0.717, 1.165) is 41.8 Å². The molecule has 1 saturated carbocycles. The summed E-state index contributed by atoms with van der Waals surface area (Å²) < 4.78 is 2.05. The Labute approximate surface area is 170 Å². The Balaban J connectivity index is 1.83. The summed E-state index contributed by atoms with van der Waals surface area (Å²) in [5.41, 5.74) is 5.08. The molecule has 1 spiro atoms. The van der Waals surface area contributed by atoms with Crippen LogP contribution < -0.4 is 10.9 Å². The van der Waals surface area contributed by atoms with Crippen molar-refractivity contribution in [2.45, 2.75) is 37.5 Å². The van der Waals surface area contributed by atoms with Crippen LogP contribution in [0.2, 0.25) is 0 Å². The van der Waals surface area contributed by atoms with E-state index in [1.807, 2.05) is 34.9 Å². The molecule has 5 rings (SSSR count). The molecule has 0 atom stereocenters. The molecule has 5 nitrogen and oxygen atoms in total. The SMILES string of the molecule is O=c1nc(NCCO)n(-c2ccccc2)c2c1CC1(CCCC1)c1ccccc1-2. The standard InChI is InChI=1S/C24H25N3O2/c28-15-14-25-23-26-22(29)19-16-24(12-6-7-13-24)20-11-5-4-10-18(20)21(19)27(23)17-8-2-1-3-9-17/h1-5,8-11,28H,6-7,12-16H2,(H,25,26,29). The van der Waals surface area contributed by atoms with E-state index in [9.17, 15) is 9.90 Å². The van der Waals surface area contributed by atoms with Crippen molar-refractivity contribution in [1.29, 1.82) is 0 Å². The predicted octanol–water partition coefficient (Wildman–Crippen LogP) is 3.67. The number of hydrogen-bond donors (Lipinski definition) is 2. The van der Waals surface area contributed by atoms with E-state index >= 15 is 0 Å². The molecule has 0 amide bonds.